The van der Waals surface area contributed by atoms with Crippen LogP contribution in [0.25, 0.3) is 10.9 Å². The molecule has 0 aliphatic carbocycles. The maximum absolute atomic E-state index is 16.5. The minimum absolute atomic E-state index is 0.0345. The number of ether oxygens (including phenoxy) is 2. The number of fused-ring (bicyclic) bond motifs is 1. The van der Waals surface area contributed by atoms with Crippen molar-refractivity contribution in [2.24, 2.45) is 5.41 Å². The van der Waals surface area contributed by atoms with Gasteiger partial charge in [0.05, 0.1) is 32.3 Å². The summed E-state index contributed by atoms with van der Waals surface area (Å²) in [7, 11) is 1.57. The Morgan fingerprint density at radius 2 is 1.78 bits per heavy atom. The molecule has 3 aromatic rings. The summed E-state index contributed by atoms with van der Waals surface area (Å²) in [6, 6.07) is 7.50. The van der Waals surface area contributed by atoms with Crippen molar-refractivity contribution in [1.29, 1.82) is 0 Å². The number of piperidine rings is 1. The molecule has 11 heteroatoms. The summed E-state index contributed by atoms with van der Waals surface area (Å²) in [5.74, 6) is -4.14. The van der Waals surface area contributed by atoms with E-state index in [1.165, 1.54) is 0 Å². The maximum atomic E-state index is 16.5. The molecule has 3 heterocycles. The SMILES string of the molecule is COc1ccc2ncc(CN3CCOCC3)c(C(F)CCC3(CC(=O)O)CCN(CCCc4cc(F)c(F)c(F)c4)CC3)c2c1. The summed E-state index contributed by atoms with van der Waals surface area (Å²) in [5, 5.41) is 10.5. The van der Waals surface area contributed by atoms with Gasteiger partial charge in [0, 0.05) is 36.8 Å². The van der Waals surface area contributed by atoms with Gasteiger partial charge in [0.1, 0.15) is 11.9 Å². The van der Waals surface area contributed by atoms with Gasteiger partial charge in [-0.1, -0.05) is 0 Å². The van der Waals surface area contributed by atoms with Crippen LogP contribution in [0.2, 0.25) is 0 Å². The van der Waals surface area contributed by atoms with E-state index in [0.717, 1.165) is 30.8 Å². The lowest BCUT2D eigenvalue weighted by Crippen LogP contribution is -2.41. The third-order valence-electron chi connectivity index (χ3n) is 9.36. The molecule has 5 rings (SSSR count). The molecule has 0 amide bonds. The number of methoxy groups -OCH3 is 1. The van der Waals surface area contributed by atoms with Gasteiger partial charge in [-0.25, -0.2) is 17.6 Å². The number of pyridine rings is 1. The van der Waals surface area contributed by atoms with Crippen molar-refractivity contribution in [2.75, 3.05) is 53.0 Å². The molecule has 244 valence electrons. The van der Waals surface area contributed by atoms with Crippen molar-refractivity contribution in [3.8, 4) is 5.75 Å². The zero-order chi connectivity index (χ0) is 32.0. The lowest BCUT2D eigenvalue weighted by Gasteiger charge is -2.41. The molecule has 0 spiro atoms. The molecular formula is C34H41F4N3O4. The Hall–Kier alpha value is -3.28. The van der Waals surface area contributed by atoms with Gasteiger partial charge in [-0.2, -0.15) is 0 Å². The first-order chi connectivity index (χ1) is 21.7. The predicted octanol–water partition coefficient (Wildman–Crippen LogP) is 6.47. The first-order valence-corrected chi connectivity index (χ1v) is 15.6. The van der Waals surface area contributed by atoms with Crippen LogP contribution in [0.1, 0.15) is 61.4 Å². The van der Waals surface area contributed by atoms with E-state index in [9.17, 15) is 23.1 Å². The van der Waals surface area contributed by atoms with Crippen molar-refractivity contribution < 1.29 is 36.9 Å². The van der Waals surface area contributed by atoms with Crippen LogP contribution < -0.4 is 4.74 Å². The van der Waals surface area contributed by atoms with Crippen LogP contribution in [-0.4, -0.2) is 78.9 Å². The summed E-state index contributed by atoms with van der Waals surface area (Å²) in [6.07, 6.45) is 3.24. The minimum Gasteiger partial charge on any atom is -0.497 e. The highest BCUT2D eigenvalue weighted by Crippen LogP contribution is 2.43. The third kappa shape index (κ3) is 8.31. The number of alkyl halides is 1. The van der Waals surface area contributed by atoms with Gasteiger partial charge in [0.15, 0.2) is 17.5 Å². The molecule has 1 unspecified atom stereocenters. The lowest BCUT2D eigenvalue weighted by atomic mass is 9.71. The molecule has 1 atom stereocenters. The van der Waals surface area contributed by atoms with E-state index in [2.05, 4.69) is 14.8 Å². The summed E-state index contributed by atoms with van der Waals surface area (Å²) < 4.78 is 67.9. The first-order valence-electron chi connectivity index (χ1n) is 15.6. The molecule has 2 saturated heterocycles. The third-order valence-corrected chi connectivity index (χ3v) is 9.36. The summed E-state index contributed by atoms with van der Waals surface area (Å²) in [4.78, 5) is 21.0. The molecular weight excluding hydrogens is 590 g/mol. The van der Waals surface area contributed by atoms with E-state index < -0.39 is 35.0 Å². The van der Waals surface area contributed by atoms with Crippen LogP contribution in [0.15, 0.2) is 36.5 Å². The molecule has 1 N–H and O–H groups in total. The average Bonchev–Trinajstić information content (AvgIpc) is 3.03. The fraction of sp³-hybridized carbons (Fsp3) is 0.529. The number of likely N-dealkylation sites (tertiary alicyclic amines) is 1. The highest BCUT2D eigenvalue weighted by Gasteiger charge is 2.37. The monoisotopic (exact) mass is 631 g/mol. The number of hydrogen-bond donors (Lipinski definition) is 1. The number of aryl methyl sites for hydroxylation is 1. The van der Waals surface area contributed by atoms with Crippen molar-refractivity contribution in [1.82, 2.24) is 14.8 Å². The average molecular weight is 632 g/mol. The second-order valence-electron chi connectivity index (χ2n) is 12.4. The second-order valence-corrected chi connectivity index (χ2v) is 12.4. The number of carboxylic acids is 1. The van der Waals surface area contributed by atoms with E-state index in [1.807, 2.05) is 12.1 Å². The second kappa shape index (κ2) is 14.9. The number of aliphatic carboxylic acids is 1. The predicted molar refractivity (Wildman–Crippen MR) is 162 cm³/mol. The fourth-order valence-corrected chi connectivity index (χ4v) is 6.78. The normalized spacial score (nSPS) is 18.2. The van der Waals surface area contributed by atoms with Crippen molar-refractivity contribution in [2.45, 2.75) is 57.7 Å². The van der Waals surface area contributed by atoms with Crippen molar-refractivity contribution in [3.63, 3.8) is 0 Å². The standard InChI is InChI=1S/C34H41F4N3O4/c1-44-25-4-5-30-26(19-25)32(24(21-39-30)22-41-13-15-45-16-14-41)27(35)6-7-34(20-31(42)43)8-11-40(12-9-34)10-2-3-23-17-28(36)33(38)29(37)18-23/h4-5,17-19,21,27H,2-3,6-16,20,22H2,1H3,(H,42,43). The van der Waals surface area contributed by atoms with Crippen molar-refractivity contribution in [3.05, 3.63) is 70.7 Å². The van der Waals surface area contributed by atoms with Gasteiger partial charge in [-0.15, -0.1) is 0 Å². The van der Waals surface area contributed by atoms with Crippen LogP contribution in [0.3, 0.4) is 0 Å². The zero-order valence-corrected chi connectivity index (χ0v) is 25.7. The molecule has 45 heavy (non-hydrogen) atoms. The molecule has 0 radical (unpaired) electrons. The van der Waals surface area contributed by atoms with Crippen molar-refractivity contribution >= 4 is 16.9 Å². The topological polar surface area (TPSA) is 75.1 Å². The van der Waals surface area contributed by atoms with Gasteiger partial charge in [-0.3, -0.25) is 14.7 Å². The lowest BCUT2D eigenvalue weighted by molar-refractivity contribution is -0.141. The molecule has 0 saturated carbocycles. The number of nitrogens with zero attached hydrogens (tertiary/aromatic N) is 3. The van der Waals surface area contributed by atoms with Crippen LogP contribution in [0.5, 0.6) is 5.75 Å². The van der Waals surface area contributed by atoms with Crippen LogP contribution in [-0.2, 0) is 22.5 Å². The summed E-state index contributed by atoms with van der Waals surface area (Å²) >= 11 is 0. The Balaban J connectivity index is 1.26. The van der Waals surface area contributed by atoms with Gasteiger partial charge in [-0.05, 0) is 105 Å². The molecule has 2 fully saturated rings. The van der Waals surface area contributed by atoms with E-state index in [0.29, 0.717) is 99.3 Å². The van der Waals surface area contributed by atoms with Gasteiger partial charge in [0.25, 0.3) is 0 Å². The quantitative estimate of drug-likeness (QED) is 0.171. The summed E-state index contributed by atoms with van der Waals surface area (Å²) in [5.41, 5.74) is 1.93. The number of carbonyl (C=O) groups is 1. The fourth-order valence-electron chi connectivity index (χ4n) is 6.78. The van der Waals surface area contributed by atoms with Gasteiger partial charge in [0.2, 0.25) is 0 Å². The molecule has 2 aliphatic rings. The van der Waals surface area contributed by atoms with E-state index in [1.54, 1.807) is 19.4 Å². The number of hydrogen-bond acceptors (Lipinski definition) is 6. The zero-order valence-electron chi connectivity index (χ0n) is 25.7. The number of aromatic nitrogens is 1. The van der Waals surface area contributed by atoms with E-state index in [4.69, 9.17) is 9.47 Å². The number of halogens is 4. The van der Waals surface area contributed by atoms with Crippen LogP contribution in [0, 0.1) is 22.9 Å². The number of morpholine rings is 1. The number of benzene rings is 2. The molecule has 2 aliphatic heterocycles. The minimum atomic E-state index is -1.47. The number of rotatable bonds is 13. The van der Waals surface area contributed by atoms with Gasteiger partial charge < -0.3 is 19.5 Å². The Morgan fingerprint density at radius 3 is 2.44 bits per heavy atom. The van der Waals surface area contributed by atoms with E-state index in [-0.39, 0.29) is 12.8 Å². The van der Waals surface area contributed by atoms with Crippen LogP contribution >= 0.6 is 0 Å². The summed E-state index contributed by atoms with van der Waals surface area (Å²) in [6.45, 7) is 5.26. The Labute approximate surface area is 261 Å². The highest BCUT2D eigenvalue weighted by molar-refractivity contribution is 5.85. The largest absolute Gasteiger partial charge is 0.497 e. The number of carboxylic acid groups (broad SMARTS) is 1. The maximum Gasteiger partial charge on any atom is 0.303 e. The first kappa shape index (κ1) is 33.1. The molecule has 7 nitrogen and oxygen atoms in total. The molecule has 2 aromatic carbocycles. The Kier molecular flexibility index (Phi) is 10.9. The highest BCUT2D eigenvalue weighted by atomic mass is 19.2. The van der Waals surface area contributed by atoms with Crippen LogP contribution in [0.4, 0.5) is 17.6 Å². The smallest absolute Gasteiger partial charge is 0.303 e. The van der Waals surface area contributed by atoms with E-state index >= 15 is 4.39 Å². The molecule has 0 bridgehead atoms. The Morgan fingerprint density at radius 1 is 1.07 bits per heavy atom. The Bertz CT molecular complexity index is 1450. The molecule has 1 aromatic heterocycles. The van der Waals surface area contributed by atoms with Gasteiger partial charge >= 0.3 is 5.97 Å².